The Balaban J connectivity index is 2.02. The van der Waals surface area contributed by atoms with Gasteiger partial charge in [0, 0.05) is 17.8 Å². The molecule has 0 aromatic carbocycles. The van der Waals surface area contributed by atoms with Crippen molar-refractivity contribution in [3.8, 4) is 0 Å². The Morgan fingerprint density at radius 2 is 2.19 bits per heavy atom. The summed E-state index contributed by atoms with van der Waals surface area (Å²) in [6, 6.07) is 0.0128. The molecule has 1 heterocycles. The first-order valence-corrected chi connectivity index (χ1v) is 9.16. The van der Waals surface area contributed by atoms with E-state index in [0.717, 1.165) is 32.1 Å². The Kier molecular flexibility index (Phi) is 5.41. The molecule has 1 aliphatic carbocycles. The van der Waals surface area contributed by atoms with E-state index < -0.39 is 11.5 Å². The molecule has 0 radical (unpaired) electrons. The number of likely N-dealkylation sites (tertiary alicyclic amines) is 1. The molecule has 0 aromatic heterocycles. The van der Waals surface area contributed by atoms with Gasteiger partial charge in [-0.25, -0.2) is 9.59 Å². The smallest absolute Gasteiger partial charge is 0.329 e. The van der Waals surface area contributed by atoms with Crippen LogP contribution in [0, 0.1) is 0 Å². The Morgan fingerprint density at radius 1 is 1.43 bits per heavy atom. The first kappa shape index (κ1) is 16.5. The summed E-state index contributed by atoms with van der Waals surface area (Å²) < 4.78 is 0. The molecule has 1 saturated carbocycles. The summed E-state index contributed by atoms with van der Waals surface area (Å²) in [5.41, 5.74) is -0.990. The third-order valence-electron chi connectivity index (χ3n) is 4.84. The molecule has 120 valence electrons. The quantitative estimate of drug-likeness (QED) is 0.818. The van der Waals surface area contributed by atoms with Gasteiger partial charge in [0.2, 0.25) is 0 Å². The molecular formula is C15H26N2O3S. The second-order valence-corrected chi connectivity index (χ2v) is 7.30. The maximum Gasteiger partial charge on any atom is 0.329 e. The topological polar surface area (TPSA) is 69.6 Å². The molecule has 2 amide bonds. The van der Waals surface area contributed by atoms with Crippen molar-refractivity contribution < 1.29 is 14.7 Å². The number of carbonyl (C=O) groups excluding carboxylic acids is 1. The maximum atomic E-state index is 12.5. The van der Waals surface area contributed by atoms with E-state index in [0.29, 0.717) is 24.6 Å². The zero-order valence-electron chi connectivity index (χ0n) is 12.9. The molecule has 3 unspecified atom stereocenters. The molecule has 0 aromatic rings. The van der Waals surface area contributed by atoms with E-state index in [-0.39, 0.29) is 12.1 Å². The van der Waals surface area contributed by atoms with Gasteiger partial charge in [0.1, 0.15) is 5.54 Å². The van der Waals surface area contributed by atoms with Gasteiger partial charge >= 0.3 is 12.0 Å². The number of carboxylic acids is 1. The lowest BCUT2D eigenvalue weighted by Gasteiger charge is -2.35. The highest BCUT2D eigenvalue weighted by Gasteiger charge is 2.49. The molecule has 6 heteroatoms. The second-order valence-electron chi connectivity index (χ2n) is 6.16. The number of urea groups is 1. The monoisotopic (exact) mass is 314 g/mol. The number of aliphatic carboxylic acids is 1. The molecule has 0 bridgehead atoms. The summed E-state index contributed by atoms with van der Waals surface area (Å²) in [6.45, 7) is 2.52. The van der Waals surface area contributed by atoms with E-state index in [1.807, 2.05) is 18.7 Å². The van der Waals surface area contributed by atoms with E-state index in [2.05, 4.69) is 11.6 Å². The van der Waals surface area contributed by atoms with Crippen LogP contribution in [-0.2, 0) is 4.79 Å². The van der Waals surface area contributed by atoms with E-state index in [9.17, 15) is 14.7 Å². The van der Waals surface area contributed by atoms with E-state index in [1.54, 1.807) is 4.90 Å². The molecule has 2 N–H and O–H groups in total. The van der Waals surface area contributed by atoms with Crippen molar-refractivity contribution in [1.82, 2.24) is 10.2 Å². The first-order chi connectivity index (χ1) is 10.0. The van der Waals surface area contributed by atoms with E-state index in [1.165, 1.54) is 0 Å². The Labute approximate surface area is 130 Å². The molecule has 3 atom stereocenters. The normalized spacial score (nSPS) is 32.4. The lowest BCUT2D eigenvalue weighted by Crippen LogP contribution is -2.57. The molecule has 1 saturated heterocycles. The van der Waals surface area contributed by atoms with Gasteiger partial charge in [-0.05, 0) is 44.8 Å². The van der Waals surface area contributed by atoms with Crippen LogP contribution in [0.25, 0.3) is 0 Å². The zero-order valence-corrected chi connectivity index (χ0v) is 13.7. The average molecular weight is 314 g/mol. The number of rotatable bonds is 5. The lowest BCUT2D eigenvalue weighted by molar-refractivity contribution is -0.148. The fourth-order valence-corrected chi connectivity index (χ4v) is 4.51. The maximum absolute atomic E-state index is 12.5. The van der Waals surface area contributed by atoms with Crippen LogP contribution >= 0.6 is 11.8 Å². The third-order valence-corrected chi connectivity index (χ3v) is 5.94. The van der Waals surface area contributed by atoms with Gasteiger partial charge in [-0.1, -0.05) is 13.3 Å². The van der Waals surface area contributed by atoms with Crippen molar-refractivity contribution in [2.24, 2.45) is 0 Å². The van der Waals surface area contributed by atoms with Crippen molar-refractivity contribution in [3.63, 3.8) is 0 Å². The van der Waals surface area contributed by atoms with Crippen LogP contribution < -0.4 is 5.32 Å². The minimum atomic E-state index is -0.990. The molecular weight excluding hydrogens is 288 g/mol. The Bertz CT molecular complexity index is 404. The Morgan fingerprint density at radius 3 is 2.76 bits per heavy atom. The van der Waals surface area contributed by atoms with Gasteiger partial charge in [-0.2, -0.15) is 11.8 Å². The number of carboxylic acid groups (broad SMARTS) is 1. The van der Waals surface area contributed by atoms with Gasteiger partial charge in [0.15, 0.2) is 0 Å². The largest absolute Gasteiger partial charge is 0.479 e. The predicted molar refractivity (Wildman–Crippen MR) is 84.7 cm³/mol. The van der Waals surface area contributed by atoms with Crippen LogP contribution in [0.4, 0.5) is 4.79 Å². The number of hydrogen-bond donors (Lipinski definition) is 2. The SMILES string of the molecule is CCCC1(C(=O)O)CCCN1C(=O)NC1CCC(SC)C1. The van der Waals surface area contributed by atoms with Crippen LogP contribution in [0.5, 0.6) is 0 Å². The fourth-order valence-electron chi connectivity index (χ4n) is 3.72. The van der Waals surface area contributed by atoms with Crippen LogP contribution in [0.1, 0.15) is 51.9 Å². The van der Waals surface area contributed by atoms with Crippen molar-refractivity contribution in [2.45, 2.75) is 68.7 Å². The fraction of sp³-hybridized carbons (Fsp3) is 0.867. The molecule has 2 rings (SSSR count). The number of amides is 2. The van der Waals surface area contributed by atoms with Crippen molar-refractivity contribution in [2.75, 3.05) is 12.8 Å². The zero-order chi connectivity index (χ0) is 15.5. The van der Waals surface area contributed by atoms with Crippen molar-refractivity contribution in [1.29, 1.82) is 0 Å². The minimum Gasteiger partial charge on any atom is -0.479 e. The second kappa shape index (κ2) is 6.90. The highest BCUT2D eigenvalue weighted by Crippen LogP contribution is 2.35. The molecule has 2 fully saturated rings. The van der Waals surface area contributed by atoms with Crippen LogP contribution in [0.2, 0.25) is 0 Å². The van der Waals surface area contributed by atoms with Crippen LogP contribution in [-0.4, -0.2) is 51.6 Å². The highest BCUT2D eigenvalue weighted by atomic mass is 32.2. The molecule has 21 heavy (non-hydrogen) atoms. The minimum absolute atomic E-state index is 0.185. The van der Waals surface area contributed by atoms with Gasteiger partial charge in [0.05, 0.1) is 0 Å². The standard InChI is InChI=1S/C15H26N2O3S/c1-3-7-15(13(18)19)8-4-9-17(15)14(20)16-11-5-6-12(10-11)21-2/h11-12H,3-10H2,1-2H3,(H,16,20)(H,18,19). The number of nitrogens with zero attached hydrogens (tertiary/aromatic N) is 1. The molecule has 1 aliphatic heterocycles. The molecule has 2 aliphatic rings. The summed E-state index contributed by atoms with van der Waals surface area (Å²) in [6.07, 6.45) is 7.88. The summed E-state index contributed by atoms with van der Waals surface area (Å²) in [5, 5.41) is 13.3. The van der Waals surface area contributed by atoms with Gasteiger partial charge < -0.3 is 15.3 Å². The average Bonchev–Trinajstić information content (AvgIpc) is 3.06. The van der Waals surface area contributed by atoms with Gasteiger partial charge in [-0.15, -0.1) is 0 Å². The predicted octanol–water partition coefficient (Wildman–Crippen LogP) is 2.70. The van der Waals surface area contributed by atoms with Crippen LogP contribution in [0.3, 0.4) is 0 Å². The van der Waals surface area contributed by atoms with Crippen molar-refractivity contribution >= 4 is 23.8 Å². The number of carbonyl (C=O) groups is 2. The highest BCUT2D eigenvalue weighted by molar-refractivity contribution is 7.99. The summed E-state index contributed by atoms with van der Waals surface area (Å²) in [4.78, 5) is 25.8. The molecule has 0 spiro atoms. The van der Waals surface area contributed by atoms with Gasteiger partial charge in [-0.3, -0.25) is 0 Å². The Hall–Kier alpha value is -0.910. The van der Waals surface area contributed by atoms with Crippen molar-refractivity contribution in [3.05, 3.63) is 0 Å². The number of thioether (sulfide) groups is 1. The summed E-state index contributed by atoms with van der Waals surface area (Å²) in [7, 11) is 0. The molecule has 5 nitrogen and oxygen atoms in total. The van der Waals surface area contributed by atoms with Crippen LogP contribution in [0.15, 0.2) is 0 Å². The van der Waals surface area contributed by atoms with E-state index in [4.69, 9.17) is 0 Å². The summed E-state index contributed by atoms with van der Waals surface area (Å²) >= 11 is 1.85. The van der Waals surface area contributed by atoms with Gasteiger partial charge in [0.25, 0.3) is 0 Å². The summed E-state index contributed by atoms with van der Waals surface area (Å²) in [5.74, 6) is -0.856. The third kappa shape index (κ3) is 3.30. The first-order valence-electron chi connectivity index (χ1n) is 7.88. The number of nitrogens with one attached hydrogen (secondary N) is 1. The lowest BCUT2D eigenvalue weighted by atomic mass is 9.91. The van der Waals surface area contributed by atoms with E-state index >= 15 is 0 Å². The number of hydrogen-bond acceptors (Lipinski definition) is 3.